The van der Waals surface area contributed by atoms with E-state index in [1.54, 1.807) is 0 Å². The Kier molecular flexibility index (Phi) is 4.78. The van der Waals surface area contributed by atoms with Crippen molar-refractivity contribution in [3.63, 3.8) is 0 Å². The molecule has 1 heterocycles. The second-order valence-electron chi connectivity index (χ2n) is 6.21. The Hall–Kier alpha value is -1.39. The first-order chi connectivity index (χ1) is 9.45. The highest BCUT2D eigenvalue weighted by molar-refractivity contribution is 5.75. The summed E-state index contributed by atoms with van der Waals surface area (Å²) in [5.41, 5.74) is 0.688. The molecule has 4 heteroatoms. The van der Waals surface area contributed by atoms with Gasteiger partial charge in [0.15, 0.2) is 6.23 Å². The van der Waals surface area contributed by atoms with Gasteiger partial charge < -0.3 is 9.47 Å². The fourth-order valence-electron chi connectivity index (χ4n) is 1.98. The first-order valence-electron chi connectivity index (χ1n) is 7.05. The third-order valence-corrected chi connectivity index (χ3v) is 3.24. The van der Waals surface area contributed by atoms with Crippen molar-refractivity contribution in [2.75, 3.05) is 6.54 Å². The Morgan fingerprint density at radius 3 is 2.65 bits per heavy atom. The maximum Gasteiger partial charge on any atom is 0.312 e. The van der Waals surface area contributed by atoms with Crippen LogP contribution >= 0.6 is 0 Å². The average Bonchev–Trinajstić information content (AvgIpc) is 2.84. The second-order valence-corrected chi connectivity index (χ2v) is 6.21. The summed E-state index contributed by atoms with van der Waals surface area (Å²) in [6.07, 6.45) is 0.560. The minimum Gasteiger partial charge on any atom is -0.446 e. The SMILES string of the molecule is CC(C)(C)C(=O)OC1C[C@@H](OCc2ccccc2)CN1. The molecule has 0 saturated carbocycles. The lowest BCUT2D eigenvalue weighted by atomic mass is 9.97. The molecule has 1 unspecified atom stereocenters. The fourth-order valence-corrected chi connectivity index (χ4v) is 1.98. The first-order valence-corrected chi connectivity index (χ1v) is 7.05. The molecule has 1 aromatic carbocycles. The van der Waals surface area contributed by atoms with Crippen LogP contribution in [0.5, 0.6) is 0 Å². The van der Waals surface area contributed by atoms with Crippen LogP contribution in [0.3, 0.4) is 0 Å². The summed E-state index contributed by atoms with van der Waals surface area (Å²) in [5, 5.41) is 3.18. The van der Waals surface area contributed by atoms with E-state index in [1.807, 2.05) is 51.1 Å². The van der Waals surface area contributed by atoms with Gasteiger partial charge in [0.25, 0.3) is 0 Å². The molecular formula is C16H23NO3. The summed E-state index contributed by atoms with van der Waals surface area (Å²) in [7, 11) is 0. The van der Waals surface area contributed by atoms with Crippen LogP contribution in [-0.2, 0) is 20.9 Å². The van der Waals surface area contributed by atoms with E-state index in [2.05, 4.69) is 5.32 Å². The monoisotopic (exact) mass is 277 g/mol. The molecule has 1 aliphatic heterocycles. The minimum atomic E-state index is -0.468. The molecule has 1 aromatic rings. The van der Waals surface area contributed by atoms with Gasteiger partial charge in [-0.1, -0.05) is 30.3 Å². The highest BCUT2D eigenvalue weighted by Crippen LogP contribution is 2.20. The average molecular weight is 277 g/mol. The number of esters is 1. The Labute approximate surface area is 120 Å². The Morgan fingerprint density at radius 2 is 2.00 bits per heavy atom. The summed E-state index contributed by atoms with van der Waals surface area (Å²) in [6, 6.07) is 10.1. The van der Waals surface area contributed by atoms with Gasteiger partial charge in [-0.2, -0.15) is 0 Å². The van der Waals surface area contributed by atoms with Gasteiger partial charge in [0.05, 0.1) is 18.1 Å². The summed E-state index contributed by atoms with van der Waals surface area (Å²) < 4.78 is 11.3. The van der Waals surface area contributed by atoms with Gasteiger partial charge in [0.2, 0.25) is 0 Å². The van der Waals surface area contributed by atoms with Crippen LogP contribution in [0.15, 0.2) is 30.3 Å². The molecule has 2 atom stereocenters. The quantitative estimate of drug-likeness (QED) is 0.859. The third kappa shape index (κ3) is 4.32. The molecule has 0 bridgehead atoms. The van der Waals surface area contributed by atoms with Gasteiger partial charge in [-0.15, -0.1) is 0 Å². The van der Waals surface area contributed by atoms with E-state index in [-0.39, 0.29) is 18.3 Å². The second kappa shape index (κ2) is 6.37. The van der Waals surface area contributed by atoms with Crippen LogP contribution in [-0.4, -0.2) is 24.8 Å². The van der Waals surface area contributed by atoms with Gasteiger partial charge in [-0.25, -0.2) is 0 Å². The van der Waals surface area contributed by atoms with Crippen molar-refractivity contribution >= 4 is 5.97 Å². The van der Waals surface area contributed by atoms with Crippen molar-refractivity contribution in [3.8, 4) is 0 Å². The number of carbonyl (C=O) groups is 1. The van der Waals surface area contributed by atoms with E-state index in [1.165, 1.54) is 0 Å². The van der Waals surface area contributed by atoms with E-state index in [0.717, 1.165) is 12.1 Å². The Balaban J connectivity index is 1.74. The maximum absolute atomic E-state index is 11.8. The molecule has 0 spiro atoms. The highest BCUT2D eigenvalue weighted by Gasteiger charge is 2.31. The molecule has 1 fully saturated rings. The predicted molar refractivity (Wildman–Crippen MR) is 77.0 cm³/mol. The number of carbonyl (C=O) groups excluding carboxylic acids is 1. The van der Waals surface area contributed by atoms with E-state index < -0.39 is 5.41 Å². The Morgan fingerprint density at radius 1 is 1.30 bits per heavy atom. The number of hydrogen-bond donors (Lipinski definition) is 1. The predicted octanol–water partition coefficient (Wildman–Crippen LogP) is 2.48. The lowest BCUT2D eigenvalue weighted by molar-refractivity contribution is -0.159. The first kappa shape index (κ1) is 15.0. The summed E-state index contributed by atoms with van der Waals surface area (Å²) in [4.78, 5) is 11.8. The summed E-state index contributed by atoms with van der Waals surface area (Å²) in [6.45, 7) is 6.87. The molecule has 110 valence electrons. The summed E-state index contributed by atoms with van der Waals surface area (Å²) >= 11 is 0. The topological polar surface area (TPSA) is 47.6 Å². The van der Waals surface area contributed by atoms with Gasteiger partial charge >= 0.3 is 5.97 Å². The molecular weight excluding hydrogens is 254 g/mol. The molecule has 0 radical (unpaired) electrons. The number of hydrogen-bond acceptors (Lipinski definition) is 4. The zero-order valence-corrected chi connectivity index (χ0v) is 12.4. The van der Waals surface area contributed by atoms with Crippen LogP contribution in [0.4, 0.5) is 0 Å². The van der Waals surface area contributed by atoms with E-state index in [9.17, 15) is 4.79 Å². The number of rotatable bonds is 4. The lowest BCUT2D eigenvalue weighted by Crippen LogP contribution is -2.33. The molecule has 20 heavy (non-hydrogen) atoms. The zero-order chi connectivity index (χ0) is 14.6. The molecule has 0 aliphatic carbocycles. The van der Waals surface area contributed by atoms with Crippen LogP contribution in [0.2, 0.25) is 0 Å². The number of nitrogens with one attached hydrogen (secondary N) is 1. The van der Waals surface area contributed by atoms with Crippen molar-refractivity contribution in [1.29, 1.82) is 0 Å². The molecule has 1 saturated heterocycles. The van der Waals surface area contributed by atoms with Crippen LogP contribution in [0.25, 0.3) is 0 Å². The van der Waals surface area contributed by atoms with Gasteiger partial charge in [-0.05, 0) is 26.3 Å². The maximum atomic E-state index is 11.8. The molecule has 4 nitrogen and oxygen atoms in total. The third-order valence-electron chi connectivity index (χ3n) is 3.24. The van der Waals surface area contributed by atoms with Gasteiger partial charge in [-0.3, -0.25) is 10.1 Å². The largest absolute Gasteiger partial charge is 0.446 e. The van der Waals surface area contributed by atoms with Crippen molar-refractivity contribution in [3.05, 3.63) is 35.9 Å². The minimum absolute atomic E-state index is 0.0907. The molecule has 0 amide bonds. The van der Waals surface area contributed by atoms with E-state index in [4.69, 9.17) is 9.47 Å². The van der Waals surface area contributed by atoms with Crippen molar-refractivity contribution in [1.82, 2.24) is 5.32 Å². The van der Waals surface area contributed by atoms with Gasteiger partial charge in [0, 0.05) is 13.0 Å². The fraction of sp³-hybridized carbons (Fsp3) is 0.562. The Bertz CT molecular complexity index is 439. The standard InChI is InChI=1S/C16H23NO3/c1-16(2,3)15(18)20-14-9-13(10-17-14)19-11-12-7-5-4-6-8-12/h4-8,13-14,17H,9-11H2,1-3H3/t13-,14?/m1/s1. The van der Waals surface area contributed by atoms with Crippen LogP contribution < -0.4 is 5.32 Å². The zero-order valence-electron chi connectivity index (χ0n) is 12.4. The highest BCUT2D eigenvalue weighted by atomic mass is 16.6. The molecule has 1 N–H and O–H groups in total. The molecule has 2 rings (SSSR count). The van der Waals surface area contributed by atoms with Crippen molar-refractivity contribution in [2.24, 2.45) is 5.41 Å². The van der Waals surface area contributed by atoms with Crippen molar-refractivity contribution in [2.45, 2.75) is 46.1 Å². The normalized spacial score (nSPS) is 22.8. The van der Waals surface area contributed by atoms with Crippen LogP contribution in [0, 0.1) is 5.41 Å². The smallest absolute Gasteiger partial charge is 0.312 e. The molecule has 1 aliphatic rings. The van der Waals surface area contributed by atoms with Crippen LogP contribution in [0.1, 0.15) is 32.8 Å². The van der Waals surface area contributed by atoms with E-state index in [0.29, 0.717) is 13.0 Å². The lowest BCUT2D eigenvalue weighted by Gasteiger charge is -2.20. The summed E-state index contributed by atoms with van der Waals surface area (Å²) in [5.74, 6) is -0.182. The number of ether oxygens (including phenoxy) is 2. The van der Waals surface area contributed by atoms with Gasteiger partial charge in [0.1, 0.15) is 0 Å². The number of benzene rings is 1. The van der Waals surface area contributed by atoms with E-state index >= 15 is 0 Å². The van der Waals surface area contributed by atoms with Crippen molar-refractivity contribution < 1.29 is 14.3 Å². The molecule has 0 aromatic heterocycles.